The Morgan fingerprint density at radius 2 is 1.80 bits per heavy atom. The molecule has 0 radical (unpaired) electrons. The Kier molecular flexibility index (Phi) is 4.30. The van der Waals surface area contributed by atoms with Crippen molar-refractivity contribution in [1.29, 1.82) is 0 Å². The molecule has 0 saturated carbocycles. The van der Waals surface area contributed by atoms with Crippen LogP contribution >= 0.6 is 0 Å². The van der Waals surface area contributed by atoms with Crippen molar-refractivity contribution in [3.05, 3.63) is 41.7 Å². The topological polar surface area (TPSA) is 80.1 Å². The lowest BCUT2D eigenvalue weighted by atomic mass is 9.97. The van der Waals surface area contributed by atoms with Crippen molar-refractivity contribution in [2.75, 3.05) is 19.6 Å². The molecule has 2 aliphatic rings. The average Bonchev–Trinajstić information content (AvgIpc) is 3.06. The zero-order valence-electron chi connectivity index (χ0n) is 13.7. The summed E-state index contributed by atoms with van der Waals surface area (Å²) in [6.07, 6.45) is 1.43. The number of nitrogens with one attached hydrogen (secondary N) is 1. The maximum Gasteiger partial charge on any atom is 0.243 e. The fourth-order valence-corrected chi connectivity index (χ4v) is 5.00. The summed E-state index contributed by atoms with van der Waals surface area (Å²) in [6.45, 7) is 3.35. The molecule has 1 aromatic carbocycles. The Bertz CT molecular complexity index is 857. The molecule has 0 atom stereocenters. The van der Waals surface area contributed by atoms with E-state index in [0.717, 1.165) is 31.3 Å². The monoisotopic (exact) mass is 365 g/mol. The lowest BCUT2D eigenvalue weighted by Gasteiger charge is -2.31. The highest BCUT2D eigenvalue weighted by Crippen LogP contribution is 2.30. The van der Waals surface area contributed by atoms with Gasteiger partial charge in [-0.15, -0.1) is 10.2 Å². The van der Waals surface area contributed by atoms with E-state index in [1.807, 2.05) is 0 Å². The van der Waals surface area contributed by atoms with Crippen LogP contribution in [0, 0.1) is 5.82 Å². The van der Waals surface area contributed by atoms with Crippen molar-refractivity contribution in [2.45, 2.75) is 36.7 Å². The number of aromatic nitrogens is 3. The molecule has 7 nitrogen and oxygen atoms in total. The number of hydrogen-bond donors (Lipinski definition) is 1. The summed E-state index contributed by atoms with van der Waals surface area (Å²) in [5.41, 5.74) is 0. The van der Waals surface area contributed by atoms with E-state index < -0.39 is 15.8 Å². The average molecular weight is 365 g/mol. The van der Waals surface area contributed by atoms with Gasteiger partial charge >= 0.3 is 0 Å². The molecule has 0 unspecified atom stereocenters. The molecule has 9 heteroatoms. The van der Waals surface area contributed by atoms with Crippen molar-refractivity contribution >= 4 is 10.0 Å². The largest absolute Gasteiger partial charge is 0.312 e. The van der Waals surface area contributed by atoms with Crippen molar-refractivity contribution in [3.63, 3.8) is 0 Å². The second-order valence-electron chi connectivity index (χ2n) is 6.44. The molecule has 3 heterocycles. The molecule has 2 aromatic rings. The first-order valence-corrected chi connectivity index (χ1v) is 9.88. The highest BCUT2D eigenvalue weighted by Gasteiger charge is 2.32. The van der Waals surface area contributed by atoms with E-state index in [4.69, 9.17) is 0 Å². The van der Waals surface area contributed by atoms with Gasteiger partial charge in [0, 0.05) is 32.1 Å². The van der Waals surface area contributed by atoms with Crippen molar-refractivity contribution in [2.24, 2.45) is 0 Å². The second kappa shape index (κ2) is 6.47. The number of halogens is 1. The summed E-state index contributed by atoms with van der Waals surface area (Å²) in [7, 11) is -3.57. The second-order valence-corrected chi connectivity index (χ2v) is 8.37. The first kappa shape index (κ1) is 16.6. The van der Waals surface area contributed by atoms with Gasteiger partial charge < -0.3 is 9.88 Å². The maximum absolute atomic E-state index is 13.0. The van der Waals surface area contributed by atoms with Gasteiger partial charge in [-0.25, -0.2) is 12.8 Å². The van der Waals surface area contributed by atoms with Crippen LogP contribution in [0.5, 0.6) is 0 Å². The van der Waals surface area contributed by atoms with E-state index in [2.05, 4.69) is 20.1 Å². The Labute approximate surface area is 145 Å². The van der Waals surface area contributed by atoms with E-state index in [0.29, 0.717) is 25.9 Å². The summed E-state index contributed by atoms with van der Waals surface area (Å²) in [5, 5.41) is 11.8. The third-order valence-corrected chi connectivity index (χ3v) is 6.83. The van der Waals surface area contributed by atoms with Gasteiger partial charge in [0.25, 0.3) is 0 Å². The summed E-state index contributed by atoms with van der Waals surface area (Å²) in [6, 6.07) is 4.99. The first-order chi connectivity index (χ1) is 12.1. The minimum atomic E-state index is -3.57. The summed E-state index contributed by atoms with van der Waals surface area (Å²) < 4.78 is 42.0. The number of fused-ring (bicyclic) bond motifs is 1. The number of rotatable bonds is 3. The summed E-state index contributed by atoms with van der Waals surface area (Å²) >= 11 is 0. The third-order valence-electron chi connectivity index (χ3n) is 4.92. The van der Waals surface area contributed by atoms with Gasteiger partial charge in [0.1, 0.15) is 17.5 Å². The summed E-state index contributed by atoms with van der Waals surface area (Å²) in [5.74, 6) is 1.70. The van der Waals surface area contributed by atoms with Crippen LogP contribution in [-0.2, 0) is 23.1 Å². The van der Waals surface area contributed by atoms with E-state index in [1.54, 1.807) is 0 Å². The van der Waals surface area contributed by atoms with E-state index >= 15 is 0 Å². The lowest BCUT2D eigenvalue weighted by Crippen LogP contribution is -2.38. The van der Waals surface area contributed by atoms with Crippen LogP contribution in [0.3, 0.4) is 0 Å². The van der Waals surface area contributed by atoms with Crippen molar-refractivity contribution in [3.8, 4) is 0 Å². The molecule has 0 spiro atoms. The van der Waals surface area contributed by atoms with Gasteiger partial charge in [0.2, 0.25) is 10.0 Å². The van der Waals surface area contributed by atoms with Gasteiger partial charge in [-0.3, -0.25) is 0 Å². The van der Waals surface area contributed by atoms with Gasteiger partial charge in [0.15, 0.2) is 0 Å². The SMILES string of the molecule is O=S(=O)(c1ccc(F)cc1)N1CCC(c2nnc3n2CCNC3)CC1. The molecular formula is C16H20FN5O2S. The van der Waals surface area contributed by atoms with E-state index in [1.165, 1.54) is 28.6 Å². The first-order valence-electron chi connectivity index (χ1n) is 8.44. The minimum Gasteiger partial charge on any atom is -0.312 e. The number of benzene rings is 1. The smallest absolute Gasteiger partial charge is 0.243 e. The molecule has 0 amide bonds. The normalized spacial score (nSPS) is 19.7. The molecule has 0 aliphatic carbocycles. The standard InChI is InChI=1S/C16H20FN5O2S/c17-13-1-3-14(4-2-13)25(23,24)21-8-5-12(6-9-21)16-20-19-15-11-18-7-10-22(15)16/h1-4,12,18H,5-11H2. The van der Waals surface area contributed by atoms with Crippen LogP contribution in [0.25, 0.3) is 0 Å². The Morgan fingerprint density at radius 3 is 2.52 bits per heavy atom. The van der Waals surface area contributed by atoms with Crippen LogP contribution in [-0.4, -0.2) is 47.1 Å². The molecular weight excluding hydrogens is 345 g/mol. The van der Waals surface area contributed by atoms with Crippen molar-refractivity contribution in [1.82, 2.24) is 24.4 Å². The predicted molar refractivity (Wildman–Crippen MR) is 88.9 cm³/mol. The Morgan fingerprint density at radius 1 is 1.08 bits per heavy atom. The molecule has 1 aromatic heterocycles. The van der Waals surface area contributed by atoms with Crippen LogP contribution in [0.4, 0.5) is 4.39 Å². The van der Waals surface area contributed by atoms with Gasteiger partial charge in [-0.1, -0.05) is 0 Å². The van der Waals surface area contributed by atoms with E-state index in [-0.39, 0.29) is 10.8 Å². The minimum absolute atomic E-state index is 0.137. The Balaban J connectivity index is 1.48. The highest BCUT2D eigenvalue weighted by atomic mass is 32.2. The molecule has 25 heavy (non-hydrogen) atoms. The molecule has 4 rings (SSSR count). The van der Waals surface area contributed by atoms with Gasteiger partial charge in [-0.05, 0) is 37.1 Å². The zero-order chi connectivity index (χ0) is 17.4. The predicted octanol–water partition coefficient (Wildman–Crippen LogP) is 1.09. The lowest BCUT2D eigenvalue weighted by molar-refractivity contribution is 0.307. The fraction of sp³-hybridized carbons (Fsp3) is 0.500. The third kappa shape index (κ3) is 3.07. The van der Waals surface area contributed by atoms with Crippen LogP contribution in [0.2, 0.25) is 0 Å². The van der Waals surface area contributed by atoms with Crippen LogP contribution in [0.15, 0.2) is 29.2 Å². The highest BCUT2D eigenvalue weighted by molar-refractivity contribution is 7.89. The van der Waals surface area contributed by atoms with E-state index in [9.17, 15) is 12.8 Å². The van der Waals surface area contributed by atoms with Gasteiger partial charge in [-0.2, -0.15) is 4.31 Å². The fourth-order valence-electron chi connectivity index (χ4n) is 3.53. The van der Waals surface area contributed by atoms with Crippen LogP contribution < -0.4 is 5.32 Å². The molecule has 1 N–H and O–H groups in total. The molecule has 2 aliphatic heterocycles. The number of piperidine rings is 1. The molecule has 134 valence electrons. The number of nitrogens with zero attached hydrogens (tertiary/aromatic N) is 4. The quantitative estimate of drug-likeness (QED) is 0.881. The van der Waals surface area contributed by atoms with Crippen LogP contribution in [0.1, 0.15) is 30.4 Å². The summed E-state index contributed by atoms with van der Waals surface area (Å²) in [4.78, 5) is 0.137. The zero-order valence-corrected chi connectivity index (χ0v) is 14.5. The molecule has 0 bridgehead atoms. The molecule has 1 saturated heterocycles. The number of sulfonamides is 1. The molecule has 1 fully saturated rings. The Hall–Kier alpha value is -1.84. The van der Waals surface area contributed by atoms with Crippen molar-refractivity contribution < 1.29 is 12.8 Å². The van der Waals surface area contributed by atoms with Gasteiger partial charge in [0.05, 0.1) is 11.4 Å². The maximum atomic E-state index is 13.0. The number of hydrogen-bond acceptors (Lipinski definition) is 5.